The molecule has 1 aromatic heterocycles. The monoisotopic (exact) mass is 533 g/mol. The van der Waals surface area contributed by atoms with Gasteiger partial charge in [0.2, 0.25) is 0 Å². The predicted octanol–water partition coefficient (Wildman–Crippen LogP) is 5.60. The van der Waals surface area contributed by atoms with E-state index >= 15 is 0 Å². The number of rotatable bonds is 6. The lowest BCUT2D eigenvalue weighted by atomic mass is 9.96. The number of amides is 1. The van der Waals surface area contributed by atoms with Gasteiger partial charge in [0.05, 0.1) is 31.0 Å². The minimum atomic E-state index is -4.82. The lowest BCUT2D eigenvalue weighted by Crippen LogP contribution is -2.38. The molecule has 7 nitrogen and oxygen atoms in total. The molecule has 2 fully saturated rings. The number of carbonyl (C=O) groups excluding carboxylic acids is 1. The third-order valence-corrected chi connectivity index (χ3v) is 6.73. The summed E-state index contributed by atoms with van der Waals surface area (Å²) in [7, 11) is 0. The van der Waals surface area contributed by atoms with Gasteiger partial charge in [0.1, 0.15) is 18.2 Å². The summed E-state index contributed by atoms with van der Waals surface area (Å²) in [6, 6.07) is 12.3. The summed E-state index contributed by atoms with van der Waals surface area (Å²) in [4.78, 5) is 18.9. The molecule has 3 aromatic rings. The van der Waals surface area contributed by atoms with Crippen molar-refractivity contribution in [1.29, 1.82) is 0 Å². The maximum absolute atomic E-state index is 13.9. The number of ether oxygens (including phenoxy) is 3. The molecule has 0 atom stereocenters. The van der Waals surface area contributed by atoms with Gasteiger partial charge in [-0.05, 0) is 36.6 Å². The molecule has 0 spiro atoms. The SMILES string of the molecule is O=C(OCc1ccccc1)N1CCC(c2nc(-c3ccc(F)c(C(F)(F)F)c3)cn2CC2OCCO2)CC1. The summed E-state index contributed by atoms with van der Waals surface area (Å²) in [5.74, 6) is -0.722. The van der Waals surface area contributed by atoms with Crippen LogP contribution in [0.1, 0.15) is 35.7 Å². The second-order valence-electron chi connectivity index (χ2n) is 9.30. The number of nitrogens with zero attached hydrogens (tertiary/aromatic N) is 3. The predicted molar refractivity (Wildman–Crippen MR) is 128 cm³/mol. The third kappa shape index (κ3) is 5.99. The maximum Gasteiger partial charge on any atom is 0.419 e. The fourth-order valence-corrected chi connectivity index (χ4v) is 4.75. The Morgan fingerprint density at radius 2 is 1.76 bits per heavy atom. The van der Waals surface area contributed by atoms with Crippen molar-refractivity contribution in [2.45, 2.75) is 44.4 Å². The molecule has 1 amide bonds. The Kier molecular flexibility index (Phi) is 7.66. The van der Waals surface area contributed by atoms with E-state index in [9.17, 15) is 22.4 Å². The Balaban J connectivity index is 1.31. The minimum absolute atomic E-state index is 0.0501. The van der Waals surface area contributed by atoms with Crippen molar-refractivity contribution in [3.8, 4) is 11.3 Å². The first-order valence-electron chi connectivity index (χ1n) is 12.4. The van der Waals surface area contributed by atoms with Crippen LogP contribution in [-0.4, -0.2) is 53.1 Å². The number of imidazole rings is 1. The molecule has 5 rings (SSSR count). The summed E-state index contributed by atoms with van der Waals surface area (Å²) >= 11 is 0. The summed E-state index contributed by atoms with van der Waals surface area (Å²) in [5.41, 5.74) is 0.0223. The van der Waals surface area contributed by atoms with E-state index in [0.29, 0.717) is 57.2 Å². The van der Waals surface area contributed by atoms with E-state index in [2.05, 4.69) is 4.98 Å². The van der Waals surface area contributed by atoms with Crippen molar-refractivity contribution in [3.63, 3.8) is 0 Å². The van der Waals surface area contributed by atoms with Crippen molar-refractivity contribution >= 4 is 6.09 Å². The highest BCUT2D eigenvalue weighted by Crippen LogP contribution is 2.35. The number of carbonyl (C=O) groups is 1. The lowest BCUT2D eigenvalue weighted by molar-refractivity contribution is -0.139. The van der Waals surface area contributed by atoms with Gasteiger partial charge in [-0.2, -0.15) is 13.2 Å². The Morgan fingerprint density at radius 3 is 2.45 bits per heavy atom. The molecule has 0 saturated carbocycles. The molecule has 0 aliphatic carbocycles. The molecule has 2 saturated heterocycles. The number of likely N-dealkylation sites (tertiary alicyclic amines) is 1. The van der Waals surface area contributed by atoms with Crippen LogP contribution in [0.3, 0.4) is 0 Å². The van der Waals surface area contributed by atoms with Crippen LogP contribution in [-0.2, 0) is 33.5 Å². The molecule has 2 aromatic carbocycles. The van der Waals surface area contributed by atoms with E-state index in [4.69, 9.17) is 14.2 Å². The molecule has 0 N–H and O–H groups in total. The number of aromatic nitrogens is 2. The normalized spacial score (nSPS) is 17.2. The number of benzene rings is 2. The largest absolute Gasteiger partial charge is 0.445 e. The Morgan fingerprint density at radius 1 is 1.05 bits per heavy atom. The van der Waals surface area contributed by atoms with Crippen molar-refractivity contribution < 1.29 is 36.6 Å². The highest BCUT2D eigenvalue weighted by Gasteiger charge is 2.35. The van der Waals surface area contributed by atoms with Crippen LogP contribution in [0.5, 0.6) is 0 Å². The molecule has 0 radical (unpaired) electrons. The van der Waals surface area contributed by atoms with Crippen molar-refractivity contribution in [2.24, 2.45) is 0 Å². The van der Waals surface area contributed by atoms with Crippen LogP contribution in [0.15, 0.2) is 54.7 Å². The highest BCUT2D eigenvalue weighted by atomic mass is 19.4. The fraction of sp³-hybridized carbons (Fsp3) is 0.407. The minimum Gasteiger partial charge on any atom is -0.445 e. The Bertz CT molecular complexity index is 1250. The van der Waals surface area contributed by atoms with Gasteiger partial charge in [0.15, 0.2) is 6.29 Å². The molecule has 3 heterocycles. The number of piperidine rings is 1. The lowest BCUT2D eigenvalue weighted by Gasteiger charge is -2.31. The van der Waals surface area contributed by atoms with Crippen molar-refractivity contribution in [1.82, 2.24) is 14.5 Å². The molecule has 38 heavy (non-hydrogen) atoms. The fourth-order valence-electron chi connectivity index (χ4n) is 4.75. The summed E-state index contributed by atoms with van der Waals surface area (Å²) in [5, 5.41) is 0. The third-order valence-electron chi connectivity index (χ3n) is 6.73. The standard InChI is InChI=1S/C27H27F4N3O4/c28-22-7-6-20(14-21(22)27(29,30)31)23-15-34(16-24-36-12-13-37-24)25(32-23)19-8-10-33(11-9-19)26(35)38-17-18-4-2-1-3-5-18/h1-7,14-15,19,24H,8-13,16-17H2. The van der Waals surface area contributed by atoms with E-state index in [1.807, 2.05) is 34.9 Å². The molecule has 0 unspecified atom stereocenters. The molecule has 2 aliphatic rings. The highest BCUT2D eigenvalue weighted by molar-refractivity contribution is 5.67. The van der Waals surface area contributed by atoms with Crippen molar-refractivity contribution in [3.05, 3.63) is 77.5 Å². The van der Waals surface area contributed by atoms with Crippen LogP contribution < -0.4 is 0 Å². The summed E-state index contributed by atoms with van der Waals surface area (Å²) in [6.07, 6.45) is -2.87. The zero-order valence-electron chi connectivity index (χ0n) is 20.5. The maximum atomic E-state index is 13.9. The number of alkyl halides is 3. The van der Waals surface area contributed by atoms with Crippen LogP contribution in [0.2, 0.25) is 0 Å². The van der Waals surface area contributed by atoms with Gasteiger partial charge in [-0.3, -0.25) is 0 Å². The zero-order chi connectivity index (χ0) is 26.7. The van der Waals surface area contributed by atoms with Crippen LogP contribution in [0, 0.1) is 5.82 Å². The summed E-state index contributed by atoms with van der Waals surface area (Å²) in [6.45, 7) is 2.31. The number of hydrogen-bond donors (Lipinski definition) is 0. The van der Waals surface area contributed by atoms with Crippen LogP contribution in [0.25, 0.3) is 11.3 Å². The molecule has 11 heteroatoms. The van der Waals surface area contributed by atoms with E-state index in [-0.39, 0.29) is 18.1 Å². The van der Waals surface area contributed by atoms with Gasteiger partial charge >= 0.3 is 12.3 Å². The number of halogens is 4. The average Bonchev–Trinajstić information content (AvgIpc) is 3.58. The molecule has 202 valence electrons. The Labute approximate surface area is 216 Å². The molecule has 2 aliphatic heterocycles. The van der Waals surface area contributed by atoms with Crippen LogP contribution >= 0.6 is 0 Å². The quantitative estimate of drug-likeness (QED) is 0.386. The van der Waals surface area contributed by atoms with Crippen molar-refractivity contribution in [2.75, 3.05) is 26.3 Å². The topological polar surface area (TPSA) is 65.8 Å². The molecular formula is C27H27F4N3O4. The summed E-state index contributed by atoms with van der Waals surface area (Å²) < 4.78 is 72.2. The smallest absolute Gasteiger partial charge is 0.419 e. The molecule has 0 bridgehead atoms. The van der Waals surface area contributed by atoms with E-state index in [0.717, 1.165) is 17.7 Å². The Hall–Kier alpha value is -3.44. The average molecular weight is 534 g/mol. The van der Waals surface area contributed by atoms with Gasteiger partial charge in [-0.1, -0.05) is 30.3 Å². The van der Waals surface area contributed by atoms with Gasteiger partial charge in [-0.15, -0.1) is 0 Å². The van der Waals surface area contributed by atoms with E-state index in [1.165, 1.54) is 6.07 Å². The van der Waals surface area contributed by atoms with E-state index < -0.39 is 29.9 Å². The molecular weight excluding hydrogens is 506 g/mol. The van der Waals surface area contributed by atoms with Gasteiger partial charge in [-0.25, -0.2) is 14.2 Å². The number of hydrogen-bond acceptors (Lipinski definition) is 5. The first-order chi connectivity index (χ1) is 18.3. The van der Waals surface area contributed by atoms with Crippen LogP contribution in [0.4, 0.5) is 22.4 Å². The van der Waals surface area contributed by atoms with Gasteiger partial charge < -0.3 is 23.7 Å². The van der Waals surface area contributed by atoms with Gasteiger partial charge in [0.25, 0.3) is 0 Å². The second-order valence-corrected chi connectivity index (χ2v) is 9.30. The van der Waals surface area contributed by atoms with E-state index in [1.54, 1.807) is 11.1 Å². The zero-order valence-corrected chi connectivity index (χ0v) is 20.5. The first-order valence-corrected chi connectivity index (χ1v) is 12.4. The first kappa shape index (κ1) is 26.2. The second kappa shape index (κ2) is 11.1. The van der Waals surface area contributed by atoms with Gasteiger partial charge in [0, 0.05) is 30.8 Å².